The summed E-state index contributed by atoms with van der Waals surface area (Å²) in [4.78, 5) is 2.38. The van der Waals surface area contributed by atoms with Crippen LogP contribution in [-0.2, 0) is 13.0 Å². The molecule has 3 unspecified atom stereocenters. The molecule has 1 saturated heterocycles. The summed E-state index contributed by atoms with van der Waals surface area (Å²) in [7, 11) is 0. The van der Waals surface area contributed by atoms with E-state index in [9.17, 15) is 4.39 Å². The molecule has 3 atom stereocenters. The molecule has 0 amide bonds. The average molecular weight is 432 g/mol. The lowest BCUT2D eigenvalue weighted by molar-refractivity contribution is 0.174. The Hall–Kier alpha value is -3.09. The summed E-state index contributed by atoms with van der Waals surface area (Å²) in [6.07, 6.45) is 1.04. The van der Waals surface area contributed by atoms with Gasteiger partial charge in [-0.3, -0.25) is 0 Å². The van der Waals surface area contributed by atoms with Crippen molar-refractivity contribution < 1.29 is 13.9 Å². The fraction of sp³-hybridized carbons (Fsp3) is 0.308. The third-order valence-electron chi connectivity index (χ3n) is 6.91. The molecule has 1 fully saturated rings. The largest absolute Gasteiger partial charge is 0.454 e. The van der Waals surface area contributed by atoms with Crippen LogP contribution in [0, 0.1) is 11.7 Å². The minimum Gasteiger partial charge on any atom is -0.454 e. The van der Waals surface area contributed by atoms with Gasteiger partial charge >= 0.3 is 0 Å². The lowest BCUT2D eigenvalue weighted by atomic mass is 9.81. The number of rotatable bonds is 4. The number of halogens is 1. The lowest BCUT2D eigenvalue weighted by Gasteiger charge is -2.39. The van der Waals surface area contributed by atoms with Crippen LogP contribution in [-0.4, -0.2) is 13.3 Å². The van der Waals surface area contributed by atoms with E-state index in [1.807, 2.05) is 12.1 Å². The number of fused-ring (bicyclic) bond motifs is 4. The van der Waals surface area contributed by atoms with Crippen LogP contribution in [0.4, 0.5) is 10.1 Å². The normalized spacial score (nSPS) is 23.2. The van der Waals surface area contributed by atoms with Crippen molar-refractivity contribution >= 4 is 5.69 Å². The molecule has 0 saturated carbocycles. The summed E-state index contributed by atoms with van der Waals surface area (Å²) in [6, 6.07) is 20.2. The van der Waals surface area contributed by atoms with Gasteiger partial charge in [-0.25, -0.2) is 15.2 Å². The van der Waals surface area contributed by atoms with Gasteiger partial charge < -0.3 is 14.4 Å². The Morgan fingerprint density at radius 1 is 0.906 bits per heavy atom. The maximum atomic E-state index is 13.5. The molecular weight excluding hydrogens is 405 g/mol. The van der Waals surface area contributed by atoms with Crippen LogP contribution < -0.4 is 25.2 Å². The number of anilines is 1. The Morgan fingerprint density at radius 3 is 2.34 bits per heavy atom. The van der Waals surface area contributed by atoms with Gasteiger partial charge in [-0.2, -0.15) is 0 Å². The Labute approximate surface area is 187 Å². The molecule has 0 aliphatic carbocycles. The van der Waals surface area contributed by atoms with Gasteiger partial charge in [0.05, 0.1) is 12.1 Å². The molecule has 3 aromatic carbocycles. The zero-order chi connectivity index (χ0) is 21.7. The fourth-order valence-electron chi connectivity index (χ4n) is 5.18. The van der Waals surface area contributed by atoms with E-state index in [0.717, 1.165) is 35.7 Å². The Bertz CT molecular complexity index is 1130. The van der Waals surface area contributed by atoms with Crippen LogP contribution in [0.15, 0.2) is 60.7 Å². The summed E-state index contributed by atoms with van der Waals surface area (Å²) >= 11 is 0. The second kappa shape index (κ2) is 7.80. The van der Waals surface area contributed by atoms with Crippen LogP contribution in [0.3, 0.4) is 0 Å². The number of ether oxygens (including phenoxy) is 2. The highest BCUT2D eigenvalue weighted by Gasteiger charge is 2.44. The standard InChI is InChI=1S/C26H26FN3O2/c1-2-16-3-7-18(8-4-16)25-21-14-30(13-17-5-9-19(27)10-6-17)22-12-24-23(31-15-32-24)11-20(22)26(21)29-28-25/h3-12,21,25-26,28-29H,2,13-15H2,1H3. The summed E-state index contributed by atoms with van der Waals surface area (Å²) < 4.78 is 24.8. The maximum Gasteiger partial charge on any atom is 0.231 e. The van der Waals surface area contributed by atoms with Crippen molar-refractivity contribution in [2.75, 3.05) is 18.2 Å². The molecular formula is C26H26FN3O2. The van der Waals surface area contributed by atoms with Gasteiger partial charge in [-0.1, -0.05) is 43.3 Å². The van der Waals surface area contributed by atoms with Gasteiger partial charge in [-0.15, -0.1) is 0 Å². The van der Waals surface area contributed by atoms with Crippen LogP contribution in [0.25, 0.3) is 0 Å². The number of hydrogen-bond donors (Lipinski definition) is 2. The number of nitrogens with zero attached hydrogens (tertiary/aromatic N) is 1. The highest BCUT2D eigenvalue weighted by atomic mass is 19.1. The molecule has 32 heavy (non-hydrogen) atoms. The van der Waals surface area contributed by atoms with Crippen molar-refractivity contribution in [2.45, 2.75) is 32.0 Å². The molecule has 3 aromatic rings. The van der Waals surface area contributed by atoms with E-state index in [1.54, 1.807) is 0 Å². The van der Waals surface area contributed by atoms with Crippen LogP contribution in [0.1, 0.15) is 41.3 Å². The molecule has 0 spiro atoms. The Kier molecular flexibility index (Phi) is 4.77. The van der Waals surface area contributed by atoms with Crippen molar-refractivity contribution in [3.05, 3.63) is 88.7 Å². The molecule has 0 bridgehead atoms. The van der Waals surface area contributed by atoms with Crippen molar-refractivity contribution in [3.63, 3.8) is 0 Å². The Balaban J connectivity index is 1.38. The van der Waals surface area contributed by atoms with Crippen LogP contribution in [0.5, 0.6) is 11.5 Å². The lowest BCUT2D eigenvalue weighted by Crippen LogP contribution is -2.39. The third kappa shape index (κ3) is 3.31. The molecule has 0 radical (unpaired) electrons. The van der Waals surface area contributed by atoms with Crippen LogP contribution >= 0.6 is 0 Å². The molecule has 164 valence electrons. The van der Waals surface area contributed by atoms with Gasteiger partial charge in [0.2, 0.25) is 6.79 Å². The molecule has 6 heteroatoms. The highest BCUT2D eigenvalue weighted by Crippen LogP contribution is 2.49. The molecule has 0 aromatic heterocycles. The summed E-state index contributed by atoms with van der Waals surface area (Å²) in [5.74, 6) is 1.69. The van der Waals surface area contributed by atoms with Gasteiger partial charge in [0, 0.05) is 30.8 Å². The highest BCUT2D eigenvalue weighted by molar-refractivity contribution is 5.66. The van der Waals surface area contributed by atoms with Crippen molar-refractivity contribution in [3.8, 4) is 11.5 Å². The van der Waals surface area contributed by atoms with Gasteiger partial charge in [-0.05, 0) is 46.9 Å². The SMILES string of the molecule is CCc1ccc(C2NNC3c4cc5c(cc4N(Cc4ccc(F)cc4)CC23)OCO5)cc1. The minimum atomic E-state index is -0.212. The smallest absolute Gasteiger partial charge is 0.231 e. The second-order valence-electron chi connectivity index (χ2n) is 8.77. The van der Waals surface area contributed by atoms with Gasteiger partial charge in [0.15, 0.2) is 11.5 Å². The second-order valence-corrected chi connectivity index (χ2v) is 8.77. The number of nitrogens with one attached hydrogen (secondary N) is 2. The predicted molar refractivity (Wildman–Crippen MR) is 121 cm³/mol. The average Bonchev–Trinajstić information content (AvgIpc) is 3.46. The quantitative estimate of drug-likeness (QED) is 0.630. The van der Waals surface area contributed by atoms with E-state index < -0.39 is 0 Å². The molecule has 5 nitrogen and oxygen atoms in total. The van der Waals surface area contributed by atoms with E-state index in [-0.39, 0.29) is 24.7 Å². The van der Waals surface area contributed by atoms with E-state index >= 15 is 0 Å². The summed E-state index contributed by atoms with van der Waals surface area (Å²) in [6.45, 7) is 4.00. The zero-order valence-corrected chi connectivity index (χ0v) is 18.0. The van der Waals surface area contributed by atoms with E-state index in [4.69, 9.17) is 9.47 Å². The summed E-state index contributed by atoms with van der Waals surface area (Å²) in [5.41, 5.74) is 13.2. The topological polar surface area (TPSA) is 45.8 Å². The first kappa shape index (κ1) is 19.6. The number of aryl methyl sites for hydroxylation is 1. The monoisotopic (exact) mass is 431 g/mol. The van der Waals surface area contributed by atoms with E-state index in [1.165, 1.54) is 28.8 Å². The van der Waals surface area contributed by atoms with Gasteiger partial charge in [0.1, 0.15) is 5.82 Å². The minimum absolute atomic E-state index is 0.166. The Morgan fingerprint density at radius 2 is 1.59 bits per heavy atom. The third-order valence-corrected chi connectivity index (χ3v) is 6.91. The van der Waals surface area contributed by atoms with E-state index in [0.29, 0.717) is 12.5 Å². The maximum absolute atomic E-state index is 13.5. The fourth-order valence-corrected chi connectivity index (χ4v) is 5.18. The van der Waals surface area contributed by atoms with Crippen molar-refractivity contribution in [2.24, 2.45) is 5.92 Å². The van der Waals surface area contributed by atoms with Gasteiger partial charge in [0.25, 0.3) is 0 Å². The molecule has 3 heterocycles. The van der Waals surface area contributed by atoms with Crippen molar-refractivity contribution in [1.82, 2.24) is 10.9 Å². The predicted octanol–water partition coefficient (Wildman–Crippen LogP) is 4.64. The molecule has 3 aliphatic heterocycles. The van der Waals surface area contributed by atoms with Crippen molar-refractivity contribution in [1.29, 1.82) is 0 Å². The molecule has 2 N–H and O–H groups in total. The zero-order valence-electron chi connectivity index (χ0n) is 18.0. The number of hydrogen-bond acceptors (Lipinski definition) is 5. The first-order chi connectivity index (χ1) is 15.7. The number of hydrazine groups is 1. The molecule has 3 aliphatic rings. The summed E-state index contributed by atoms with van der Waals surface area (Å²) in [5, 5.41) is 0. The van der Waals surface area contributed by atoms with E-state index in [2.05, 4.69) is 59.1 Å². The van der Waals surface area contributed by atoms with Crippen LogP contribution in [0.2, 0.25) is 0 Å². The molecule has 6 rings (SSSR count). The number of benzene rings is 3. The first-order valence-corrected chi connectivity index (χ1v) is 11.2. The first-order valence-electron chi connectivity index (χ1n) is 11.2.